The zero-order valence-corrected chi connectivity index (χ0v) is 13.5. The summed E-state index contributed by atoms with van der Waals surface area (Å²) in [6, 6.07) is 12.6. The van der Waals surface area contributed by atoms with Crippen LogP contribution in [0.1, 0.15) is 10.5 Å². The molecule has 2 aromatic carbocycles. The summed E-state index contributed by atoms with van der Waals surface area (Å²) < 4.78 is 0.799. The number of nitrogens with zero attached hydrogens (tertiary/aromatic N) is 2. The van der Waals surface area contributed by atoms with Crippen molar-refractivity contribution < 1.29 is 14.7 Å². The van der Waals surface area contributed by atoms with E-state index in [1.807, 2.05) is 0 Å². The third kappa shape index (κ3) is 3.51. The molecule has 0 radical (unpaired) electrons. The van der Waals surface area contributed by atoms with E-state index in [0.717, 1.165) is 4.68 Å². The molecule has 7 nitrogen and oxygen atoms in total. The molecule has 0 bridgehead atoms. The molecule has 0 aliphatic rings. The van der Waals surface area contributed by atoms with E-state index in [0.29, 0.717) is 10.7 Å². The fourth-order valence-corrected chi connectivity index (χ4v) is 2.59. The maximum Gasteiger partial charge on any atom is 0.275 e. The molecule has 1 amide bonds. The third-order valence-electron chi connectivity index (χ3n) is 3.46. The molecule has 25 heavy (non-hydrogen) atoms. The fraction of sp³-hybridized carbons (Fsp3) is 0.0588. The summed E-state index contributed by atoms with van der Waals surface area (Å²) in [5, 5.41) is 18.4. The Bertz CT molecular complexity index is 1050. The van der Waals surface area contributed by atoms with E-state index in [4.69, 9.17) is 11.6 Å². The highest BCUT2D eigenvalue weighted by Gasteiger charge is 2.13. The molecule has 0 fully saturated rings. The molecule has 0 atom stereocenters. The summed E-state index contributed by atoms with van der Waals surface area (Å²) in [4.78, 5) is 35.9. The van der Waals surface area contributed by atoms with Crippen molar-refractivity contribution in [2.75, 3.05) is 5.32 Å². The van der Waals surface area contributed by atoms with Gasteiger partial charge < -0.3 is 15.2 Å². The number of carbonyl (C=O) groups excluding carboxylic acids is 2. The Morgan fingerprint density at radius 3 is 2.52 bits per heavy atom. The predicted molar refractivity (Wildman–Crippen MR) is 90.4 cm³/mol. The minimum Gasteiger partial charge on any atom is -0.543 e. The van der Waals surface area contributed by atoms with Crippen molar-refractivity contribution in [3.05, 3.63) is 69.6 Å². The highest BCUT2D eigenvalue weighted by atomic mass is 35.5. The number of hydrogen-bond acceptors (Lipinski definition) is 5. The highest BCUT2D eigenvalue weighted by molar-refractivity contribution is 6.30. The van der Waals surface area contributed by atoms with Crippen LogP contribution >= 0.6 is 11.6 Å². The fourth-order valence-electron chi connectivity index (χ4n) is 2.40. The van der Waals surface area contributed by atoms with E-state index in [9.17, 15) is 19.5 Å². The van der Waals surface area contributed by atoms with Crippen molar-refractivity contribution in [2.24, 2.45) is 0 Å². The van der Waals surface area contributed by atoms with Crippen LogP contribution in [-0.2, 0) is 11.3 Å². The molecule has 0 aliphatic carbocycles. The SMILES string of the molecule is O=C(Cn1nc(C(=O)[O-])c2ccccc2c1=O)Nc1cccc(Cl)c1. The van der Waals surface area contributed by atoms with Gasteiger partial charge in [-0.2, -0.15) is 5.10 Å². The summed E-state index contributed by atoms with van der Waals surface area (Å²) in [5.41, 5.74) is -0.515. The van der Waals surface area contributed by atoms with Gasteiger partial charge in [0.05, 0.1) is 11.4 Å². The van der Waals surface area contributed by atoms with Crippen LogP contribution in [0.25, 0.3) is 10.8 Å². The molecule has 0 saturated heterocycles. The van der Waals surface area contributed by atoms with Gasteiger partial charge in [-0.15, -0.1) is 0 Å². The van der Waals surface area contributed by atoms with Crippen molar-refractivity contribution in [1.29, 1.82) is 0 Å². The molecule has 8 heteroatoms. The number of carboxylic acid groups (broad SMARTS) is 1. The van der Waals surface area contributed by atoms with E-state index in [1.165, 1.54) is 12.1 Å². The van der Waals surface area contributed by atoms with Crippen LogP contribution in [0.5, 0.6) is 0 Å². The van der Waals surface area contributed by atoms with E-state index in [2.05, 4.69) is 10.4 Å². The number of benzene rings is 2. The monoisotopic (exact) mass is 356 g/mol. The van der Waals surface area contributed by atoms with Crippen LogP contribution in [0.3, 0.4) is 0 Å². The number of amides is 1. The van der Waals surface area contributed by atoms with E-state index in [-0.39, 0.29) is 10.8 Å². The third-order valence-corrected chi connectivity index (χ3v) is 3.70. The number of rotatable bonds is 4. The lowest BCUT2D eigenvalue weighted by molar-refractivity contribution is -0.255. The Morgan fingerprint density at radius 1 is 1.12 bits per heavy atom. The van der Waals surface area contributed by atoms with Crippen LogP contribution in [0.15, 0.2) is 53.3 Å². The molecular weight excluding hydrogens is 346 g/mol. The molecule has 1 heterocycles. The molecular formula is C17H11ClN3O4-. The zero-order valence-electron chi connectivity index (χ0n) is 12.7. The number of aromatic nitrogens is 2. The first-order valence-corrected chi connectivity index (χ1v) is 7.60. The lowest BCUT2D eigenvalue weighted by Gasteiger charge is -2.11. The Kier molecular flexibility index (Phi) is 4.49. The number of carboxylic acids is 1. The van der Waals surface area contributed by atoms with Gasteiger partial charge in [-0.05, 0) is 24.3 Å². The van der Waals surface area contributed by atoms with Gasteiger partial charge in [0.25, 0.3) is 5.56 Å². The van der Waals surface area contributed by atoms with Gasteiger partial charge in [-0.1, -0.05) is 35.9 Å². The average Bonchev–Trinajstić information content (AvgIpc) is 2.57. The maximum atomic E-state index is 12.4. The molecule has 1 N–H and O–H groups in total. The molecule has 3 aromatic rings. The number of aromatic carboxylic acids is 1. The Balaban J connectivity index is 1.96. The molecule has 0 saturated carbocycles. The summed E-state index contributed by atoms with van der Waals surface area (Å²) in [5.74, 6) is -2.07. The van der Waals surface area contributed by atoms with E-state index in [1.54, 1.807) is 36.4 Å². The van der Waals surface area contributed by atoms with Crippen LogP contribution in [0, 0.1) is 0 Å². The summed E-state index contributed by atoms with van der Waals surface area (Å²) in [6.45, 7) is -0.448. The smallest absolute Gasteiger partial charge is 0.275 e. The van der Waals surface area contributed by atoms with Crippen molar-refractivity contribution in [3.8, 4) is 0 Å². The van der Waals surface area contributed by atoms with Gasteiger partial charge in [0.1, 0.15) is 12.2 Å². The Hall–Kier alpha value is -3.19. The van der Waals surface area contributed by atoms with Crippen LogP contribution in [-0.4, -0.2) is 21.7 Å². The van der Waals surface area contributed by atoms with Crippen molar-refractivity contribution in [2.45, 2.75) is 6.54 Å². The van der Waals surface area contributed by atoms with Crippen molar-refractivity contribution >= 4 is 39.9 Å². The van der Waals surface area contributed by atoms with Gasteiger partial charge in [0.15, 0.2) is 0 Å². The first kappa shape index (κ1) is 16.7. The Morgan fingerprint density at radius 2 is 1.84 bits per heavy atom. The van der Waals surface area contributed by atoms with Gasteiger partial charge in [-0.3, -0.25) is 9.59 Å². The lowest BCUT2D eigenvalue weighted by Crippen LogP contribution is -2.34. The first-order chi connectivity index (χ1) is 12.0. The van der Waals surface area contributed by atoms with Gasteiger partial charge in [-0.25, -0.2) is 4.68 Å². The predicted octanol–water partition coefficient (Wildman–Crippen LogP) is 1.05. The Labute approximate surface area is 146 Å². The largest absolute Gasteiger partial charge is 0.543 e. The summed E-state index contributed by atoms with van der Waals surface area (Å²) in [7, 11) is 0. The van der Waals surface area contributed by atoms with Crippen LogP contribution in [0.2, 0.25) is 5.02 Å². The molecule has 126 valence electrons. The summed E-state index contributed by atoms with van der Waals surface area (Å²) >= 11 is 5.84. The molecule has 0 aliphatic heterocycles. The topological polar surface area (TPSA) is 104 Å². The second-order valence-electron chi connectivity index (χ2n) is 5.20. The molecule has 0 spiro atoms. The average molecular weight is 357 g/mol. The maximum absolute atomic E-state index is 12.4. The van der Waals surface area contributed by atoms with Crippen LogP contribution < -0.4 is 16.0 Å². The van der Waals surface area contributed by atoms with E-state index < -0.39 is 29.7 Å². The number of carbonyl (C=O) groups is 2. The summed E-state index contributed by atoms with van der Waals surface area (Å²) in [6.07, 6.45) is 0. The van der Waals surface area contributed by atoms with Gasteiger partial charge >= 0.3 is 0 Å². The second-order valence-corrected chi connectivity index (χ2v) is 5.64. The highest BCUT2D eigenvalue weighted by Crippen LogP contribution is 2.15. The number of fused-ring (bicyclic) bond motifs is 1. The molecule has 3 rings (SSSR count). The zero-order chi connectivity index (χ0) is 18.0. The van der Waals surface area contributed by atoms with Crippen LogP contribution in [0.4, 0.5) is 5.69 Å². The first-order valence-electron chi connectivity index (χ1n) is 7.22. The number of halogens is 1. The lowest BCUT2D eigenvalue weighted by atomic mass is 10.1. The van der Waals surface area contributed by atoms with Crippen molar-refractivity contribution in [1.82, 2.24) is 9.78 Å². The molecule has 0 unspecified atom stereocenters. The number of hydrogen-bond donors (Lipinski definition) is 1. The second kappa shape index (κ2) is 6.74. The minimum absolute atomic E-state index is 0.146. The molecule has 1 aromatic heterocycles. The minimum atomic E-state index is -1.53. The number of anilines is 1. The number of nitrogens with one attached hydrogen (secondary N) is 1. The van der Waals surface area contributed by atoms with Crippen molar-refractivity contribution in [3.63, 3.8) is 0 Å². The standard InChI is InChI=1S/C17H12ClN3O4/c18-10-4-3-5-11(8-10)19-14(22)9-21-16(23)13-7-2-1-6-12(13)15(20-21)17(24)25/h1-8H,9H2,(H,19,22)(H,24,25)/p-1. The van der Waals surface area contributed by atoms with Gasteiger partial charge in [0.2, 0.25) is 5.91 Å². The quantitative estimate of drug-likeness (QED) is 0.752. The normalized spacial score (nSPS) is 10.6. The van der Waals surface area contributed by atoms with Gasteiger partial charge in [0, 0.05) is 16.1 Å². The van der Waals surface area contributed by atoms with E-state index >= 15 is 0 Å².